The van der Waals surface area contributed by atoms with E-state index in [-0.39, 0.29) is 17.9 Å². The summed E-state index contributed by atoms with van der Waals surface area (Å²) in [6.45, 7) is 4.59. The van der Waals surface area contributed by atoms with Crippen molar-refractivity contribution < 1.29 is 14.3 Å². The molecule has 2 aliphatic heterocycles. The second-order valence-electron chi connectivity index (χ2n) is 6.78. The van der Waals surface area contributed by atoms with Crippen molar-refractivity contribution in [2.45, 2.75) is 44.6 Å². The molecule has 0 aromatic heterocycles. The molecule has 3 rings (SSSR count). The van der Waals surface area contributed by atoms with Crippen molar-refractivity contribution in [1.82, 2.24) is 10.2 Å². The summed E-state index contributed by atoms with van der Waals surface area (Å²) < 4.78 is 5.41. The lowest BCUT2D eigenvalue weighted by Crippen LogP contribution is -2.46. The van der Waals surface area contributed by atoms with Gasteiger partial charge in [0.25, 0.3) is 5.91 Å². The summed E-state index contributed by atoms with van der Waals surface area (Å²) in [5.74, 6) is 0.648. The molecule has 5 heteroatoms. The predicted octanol–water partition coefficient (Wildman–Crippen LogP) is 2.32. The molecule has 0 atom stereocenters. The van der Waals surface area contributed by atoms with Crippen LogP contribution in [0.5, 0.6) is 0 Å². The van der Waals surface area contributed by atoms with Crippen molar-refractivity contribution in [3.63, 3.8) is 0 Å². The third kappa shape index (κ3) is 4.15. The Morgan fingerprint density at radius 2 is 1.67 bits per heavy atom. The number of rotatable bonds is 3. The number of benzene rings is 1. The summed E-state index contributed by atoms with van der Waals surface area (Å²) in [6.07, 6.45) is 3.77. The second-order valence-corrected chi connectivity index (χ2v) is 6.78. The second kappa shape index (κ2) is 7.79. The fourth-order valence-corrected chi connectivity index (χ4v) is 3.63. The fourth-order valence-electron chi connectivity index (χ4n) is 3.63. The van der Waals surface area contributed by atoms with E-state index in [0.717, 1.165) is 44.5 Å². The van der Waals surface area contributed by atoms with E-state index in [1.165, 1.54) is 12.5 Å². The summed E-state index contributed by atoms with van der Waals surface area (Å²) in [5, 5.41) is 2.94. The highest BCUT2D eigenvalue weighted by Gasteiger charge is 2.24. The van der Waals surface area contributed by atoms with Gasteiger partial charge in [-0.1, -0.05) is 12.1 Å². The van der Waals surface area contributed by atoms with Gasteiger partial charge in [-0.25, -0.2) is 0 Å². The minimum atomic E-state index is 0.00322. The zero-order chi connectivity index (χ0) is 16.9. The van der Waals surface area contributed by atoms with Crippen molar-refractivity contribution in [2.75, 3.05) is 26.3 Å². The molecular weight excluding hydrogens is 304 g/mol. The summed E-state index contributed by atoms with van der Waals surface area (Å²) in [7, 11) is 0. The van der Waals surface area contributed by atoms with Gasteiger partial charge in [0.1, 0.15) is 0 Å². The monoisotopic (exact) mass is 330 g/mol. The van der Waals surface area contributed by atoms with Gasteiger partial charge in [0, 0.05) is 44.8 Å². The van der Waals surface area contributed by atoms with Crippen LogP contribution in [0.4, 0.5) is 0 Å². The van der Waals surface area contributed by atoms with Crippen LogP contribution in [-0.4, -0.2) is 49.1 Å². The third-order valence-electron chi connectivity index (χ3n) is 5.04. The van der Waals surface area contributed by atoms with Crippen LogP contribution in [0.1, 0.15) is 54.4 Å². The lowest BCUT2D eigenvalue weighted by molar-refractivity contribution is -0.119. The number of hydrogen-bond donors (Lipinski definition) is 1. The van der Waals surface area contributed by atoms with Crippen LogP contribution in [0.3, 0.4) is 0 Å². The summed E-state index contributed by atoms with van der Waals surface area (Å²) >= 11 is 0. The molecule has 2 amide bonds. The van der Waals surface area contributed by atoms with E-state index in [0.29, 0.717) is 19.0 Å². The number of amides is 2. The maximum Gasteiger partial charge on any atom is 0.253 e. The van der Waals surface area contributed by atoms with Crippen LogP contribution < -0.4 is 5.32 Å². The van der Waals surface area contributed by atoms with Gasteiger partial charge >= 0.3 is 0 Å². The van der Waals surface area contributed by atoms with Crippen molar-refractivity contribution in [3.05, 3.63) is 35.4 Å². The van der Waals surface area contributed by atoms with E-state index in [1.807, 2.05) is 17.0 Å². The van der Waals surface area contributed by atoms with Gasteiger partial charge in [-0.3, -0.25) is 9.59 Å². The van der Waals surface area contributed by atoms with E-state index in [2.05, 4.69) is 17.4 Å². The maximum atomic E-state index is 12.6. The van der Waals surface area contributed by atoms with Crippen molar-refractivity contribution in [3.8, 4) is 0 Å². The van der Waals surface area contributed by atoms with Gasteiger partial charge in [-0.15, -0.1) is 0 Å². The molecule has 0 spiro atoms. The first kappa shape index (κ1) is 17.0. The van der Waals surface area contributed by atoms with Crippen LogP contribution in [0.2, 0.25) is 0 Å². The molecule has 2 aliphatic rings. The van der Waals surface area contributed by atoms with Gasteiger partial charge in [0.15, 0.2) is 0 Å². The summed E-state index contributed by atoms with van der Waals surface area (Å²) in [5.41, 5.74) is 2.06. The Morgan fingerprint density at radius 1 is 1.04 bits per heavy atom. The summed E-state index contributed by atoms with van der Waals surface area (Å²) in [6, 6.07) is 8.28. The van der Waals surface area contributed by atoms with Crippen LogP contribution in [-0.2, 0) is 9.53 Å². The Morgan fingerprint density at radius 3 is 2.25 bits per heavy atom. The predicted molar refractivity (Wildman–Crippen MR) is 92.0 cm³/mol. The Bertz CT molecular complexity index is 571. The molecule has 0 unspecified atom stereocenters. The van der Waals surface area contributed by atoms with Crippen LogP contribution in [0, 0.1) is 0 Å². The van der Waals surface area contributed by atoms with E-state index in [9.17, 15) is 9.59 Å². The standard InChI is InChI=1S/C19H26N2O3/c1-14(22)20-18-6-10-21(11-7-18)19(23)17-4-2-15(3-5-17)16-8-12-24-13-9-16/h2-5,16,18H,6-13H2,1H3,(H,20,22). The molecule has 1 N–H and O–H groups in total. The zero-order valence-corrected chi connectivity index (χ0v) is 14.3. The molecule has 5 nitrogen and oxygen atoms in total. The third-order valence-corrected chi connectivity index (χ3v) is 5.04. The highest BCUT2D eigenvalue weighted by atomic mass is 16.5. The van der Waals surface area contributed by atoms with Crippen molar-refractivity contribution >= 4 is 11.8 Å². The van der Waals surface area contributed by atoms with E-state index in [4.69, 9.17) is 4.74 Å². The molecule has 130 valence electrons. The molecule has 2 heterocycles. The largest absolute Gasteiger partial charge is 0.381 e. The van der Waals surface area contributed by atoms with Crippen LogP contribution in [0.25, 0.3) is 0 Å². The lowest BCUT2D eigenvalue weighted by Gasteiger charge is -2.32. The number of likely N-dealkylation sites (tertiary alicyclic amines) is 1. The average Bonchev–Trinajstić information content (AvgIpc) is 2.62. The SMILES string of the molecule is CC(=O)NC1CCN(C(=O)c2ccc(C3CCOCC3)cc2)CC1. The highest BCUT2D eigenvalue weighted by Crippen LogP contribution is 2.27. The zero-order valence-electron chi connectivity index (χ0n) is 14.3. The molecule has 0 saturated carbocycles. The van der Waals surface area contributed by atoms with E-state index in [1.54, 1.807) is 0 Å². The smallest absolute Gasteiger partial charge is 0.253 e. The number of nitrogens with zero attached hydrogens (tertiary/aromatic N) is 1. The molecule has 1 aromatic carbocycles. The molecule has 24 heavy (non-hydrogen) atoms. The molecule has 2 saturated heterocycles. The Labute approximate surface area is 143 Å². The van der Waals surface area contributed by atoms with E-state index < -0.39 is 0 Å². The summed E-state index contributed by atoms with van der Waals surface area (Å²) in [4.78, 5) is 25.6. The molecule has 0 aliphatic carbocycles. The number of carbonyl (C=O) groups excluding carboxylic acids is 2. The normalized spacial score (nSPS) is 20.0. The van der Waals surface area contributed by atoms with Crippen molar-refractivity contribution in [2.24, 2.45) is 0 Å². The minimum absolute atomic E-state index is 0.00322. The van der Waals surface area contributed by atoms with Gasteiger partial charge in [0.2, 0.25) is 5.91 Å². The molecule has 1 aromatic rings. The lowest BCUT2D eigenvalue weighted by atomic mass is 9.91. The Balaban J connectivity index is 1.56. The van der Waals surface area contributed by atoms with Gasteiger partial charge < -0.3 is 15.0 Å². The molecular formula is C19H26N2O3. The first-order valence-electron chi connectivity index (χ1n) is 8.87. The number of nitrogens with one attached hydrogen (secondary N) is 1. The quantitative estimate of drug-likeness (QED) is 0.925. The van der Waals surface area contributed by atoms with Crippen LogP contribution in [0.15, 0.2) is 24.3 Å². The molecule has 2 fully saturated rings. The van der Waals surface area contributed by atoms with Gasteiger partial charge in [-0.05, 0) is 49.3 Å². The topological polar surface area (TPSA) is 58.6 Å². The van der Waals surface area contributed by atoms with Gasteiger partial charge in [0.05, 0.1) is 0 Å². The van der Waals surface area contributed by atoms with Crippen molar-refractivity contribution in [1.29, 1.82) is 0 Å². The first-order chi connectivity index (χ1) is 11.6. The average molecular weight is 330 g/mol. The maximum absolute atomic E-state index is 12.6. The number of piperidine rings is 1. The van der Waals surface area contributed by atoms with Crippen LogP contribution >= 0.6 is 0 Å². The van der Waals surface area contributed by atoms with E-state index >= 15 is 0 Å². The highest BCUT2D eigenvalue weighted by molar-refractivity contribution is 5.94. The first-order valence-corrected chi connectivity index (χ1v) is 8.87. The van der Waals surface area contributed by atoms with Gasteiger partial charge in [-0.2, -0.15) is 0 Å². The fraction of sp³-hybridized carbons (Fsp3) is 0.579. The minimum Gasteiger partial charge on any atom is -0.381 e. The number of carbonyl (C=O) groups is 2. The molecule has 0 bridgehead atoms. The Kier molecular flexibility index (Phi) is 5.51. The number of ether oxygens (including phenoxy) is 1. The molecule has 0 radical (unpaired) electrons. The number of hydrogen-bond acceptors (Lipinski definition) is 3. The Hall–Kier alpha value is -1.88.